The molecule has 0 unspecified atom stereocenters. The Labute approximate surface area is 169 Å². The number of rotatable bonds is 4. The van der Waals surface area contributed by atoms with Crippen molar-refractivity contribution in [2.24, 2.45) is 0 Å². The molecule has 0 aliphatic carbocycles. The number of carbonyl (C=O) groups is 1. The van der Waals surface area contributed by atoms with Gasteiger partial charge in [0, 0.05) is 12.1 Å². The highest BCUT2D eigenvalue weighted by Gasteiger charge is 2.35. The molecule has 6 nitrogen and oxygen atoms in total. The molecule has 1 aromatic rings. The molecule has 7 heteroatoms. The Kier molecular flexibility index (Phi) is 6.47. The van der Waals surface area contributed by atoms with E-state index in [0.717, 1.165) is 24.0 Å². The molecule has 0 spiro atoms. The average molecular weight is 409 g/mol. The molecule has 2 saturated heterocycles. The second kappa shape index (κ2) is 8.51. The number of nitrogens with zero attached hydrogens (tertiary/aromatic N) is 2. The molecule has 0 saturated carbocycles. The summed E-state index contributed by atoms with van der Waals surface area (Å²) in [5.41, 5.74) is 1.85. The zero-order valence-electron chi connectivity index (χ0n) is 17.6. The lowest BCUT2D eigenvalue weighted by atomic mass is 9.97. The minimum absolute atomic E-state index is 0.209. The number of nitrogens with one attached hydrogen (secondary N) is 1. The highest BCUT2D eigenvalue weighted by molar-refractivity contribution is 7.89. The Morgan fingerprint density at radius 2 is 1.71 bits per heavy atom. The summed E-state index contributed by atoms with van der Waals surface area (Å²) in [6, 6.07) is 6.08. The van der Waals surface area contributed by atoms with Crippen LogP contribution in [0.2, 0.25) is 0 Å². The molecule has 0 bridgehead atoms. The molecular weight excluding hydrogens is 374 g/mol. The van der Waals surface area contributed by atoms with E-state index in [1.807, 2.05) is 26.0 Å². The van der Waals surface area contributed by atoms with E-state index in [4.69, 9.17) is 0 Å². The van der Waals surface area contributed by atoms with Gasteiger partial charge in [0.1, 0.15) is 0 Å². The van der Waals surface area contributed by atoms with Crippen molar-refractivity contribution in [1.82, 2.24) is 9.21 Å². The summed E-state index contributed by atoms with van der Waals surface area (Å²) in [6.45, 7) is 10.8. The molecule has 0 radical (unpaired) electrons. The molecule has 2 aliphatic rings. The van der Waals surface area contributed by atoms with Crippen LogP contribution in [0.1, 0.15) is 44.2 Å². The summed E-state index contributed by atoms with van der Waals surface area (Å²) in [5, 5.41) is 0. The number of piperazine rings is 1. The van der Waals surface area contributed by atoms with Gasteiger partial charge < -0.3 is 9.80 Å². The van der Waals surface area contributed by atoms with Gasteiger partial charge in [0.05, 0.1) is 31.1 Å². The number of piperidine rings is 1. The monoisotopic (exact) mass is 408 g/mol. The van der Waals surface area contributed by atoms with Crippen molar-refractivity contribution in [3.05, 3.63) is 29.3 Å². The molecule has 2 aliphatic heterocycles. The molecule has 2 fully saturated rings. The molecule has 2 heterocycles. The predicted octanol–water partition coefficient (Wildman–Crippen LogP) is 0.982. The highest BCUT2D eigenvalue weighted by Crippen LogP contribution is 2.23. The molecule has 1 N–H and O–H groups in total. The van der Waals surface area contributed by atoms with Crippen LogP contribution in [0.25, 0.3) is 0 Å². The summed E-state index contributed by atoms with van der Waals surface area (Å²) in [5.74, 6) is 0.209. The third-order valence-corrected chi connectivity index (χ3v) is 8.32. The molecular formula is C21H34N3O3S+. The number of carbonyl (C=O) groups excluding carboxylic acids is 1. The first-order valence-electron chi connectivity index (χ1n) is 10.4. The van der Waals surface area contributed by atoms with E-state index in [1.54, 1.807) is 10.4 Å². The minimum Gasteiger partial charge on any atom is -0.332 e. The molecule has 3 rings (SSSR count). The predicted molar refractivity (Wildman–Crippen MR) is 110 cm³/mol. The quantitative estimate of drug-likeness (QED) is 0.808. The van der Waals surface area contributed by atoms with Crippen LogP contribution < -0.4 is 4.90 Å². The first kappa shape index (κ1) is 21.3. The van der Waals surface area contributed by atoms with Gasteiger partial charge in [-0.15, -0.1) is 0 Å². The second-order valence-electron chi connectivity index (χ2n) is 8.53. The molecule has 1 amide bonds. The first-order chi connectivity index (χ1) is 13.2. The fraction of sp³-hybridized carbons (Fsp3) is 0.667. The number of quaternary nitrogens is 1. The summed E-state index contributed by atoms with van der Waals surface area (Å²) in [6.07, 6.45) is 3.34. The van der Waals surface area contributed by atoms with E-state index < -0.39 is 10.0 Å². The van der Waals surface area contributed by atoms with Gasteiger partial charge >= 0.3 is 0 Å². The van der Waals surface area contributed by atoms with E-state index in [0.29, 0.717) is 49.7 Å². The number of aryl methyl sites for hydroxylation is 2. The highest BCUT2D eigenvalue weighted by atomic mass is 32.2. The van der Waals surface area contributed by atoms with Crippen molar-refractivity contribution >= 4 is 15.9 Å². The minimum atomic E-state index is -3.47. The number of hydrogen-bond donors (Lipinski definition) is 1. The van der Waals surface area contributed by atoms with Crippen LogP contribution >= 0.6 is 0 Å². The number of likely N-dealkylation sites (tertiary alicyclic amines) is 1. The van der Waals surface area contributed by atoms with Crippen LogP contribution in [0.4, 0.5) is 0 Å². The zero-order chi connectivity index (χ0) is 20.5. The van der Waals surface area contributed by atoms with Gasteiger partial charge in [-0.2, -0.15) is 4.31 Å². The van der Waals surface area contributed by atoms with Crippen molar-refractivity contribution in [2.45, 2.75) is 63.9 Å². The maximum Gasteiger partial charge on any atom is 0.278 e. The lowest BCUT2D eigenvalue weighted by Gasteiger charge is -2.40. The lowest BCUT2D eigenvalue weighted by Crippen LogP contribution is -3.16. The maximum absolute atomic E-state index is 13.0. The first-order valence-corrected chi connectivity index (χ1v) is 11.9. The number of hydrogen-bond acceptors (Lipinski definition) is 3. The van der Waals surface area contributed by atoms with E-state index in [-0.39, 0.29) is 5.91 Å². The Bertz CT molecular complexity index is 806. The van der Waals surface area contributed by atoms with Crippen molar-refractivity contribution in [3.63, 3.8) is 0 Å². The summed E-state index contributed by atoms with van der Waals surface area (Å²) in [7, 11) is -3.47. The van der Waals surface area contributed by atoms with E-state index in [9.17, 15) is 13.2 Å². The Balaban J connectivity index is 1.60. The van der Waals surface area contributed by atoms with Gasteiger partial charge in [0.25, 0.3) is 5.91 Å². The maximum atomic E-state index is 13.0. The van der Waals surface area contributed by atoms with E-state index in [1.165, 1.54) is 11.3 Å². The van der Waals surface area contributed by atoms with Gasteiger partial charge in [-0.05, 0) is 58.6 Å². The average Bonchev–Trinajstić information content (AvgIpc) is 2.61. The second-order valence-corrected chi connectivity index (χ2v) is 10.4. The lowest BCUT2D eigenvalue weighted by molar-refractivity contribution is -0.896. The van der Waals surface area contributed by atoms with Crippen molar-refractivity contribution in [2.75, 3.05) is 32.7 Å². The molecule has 156 valence electrons. The van der Waals surface area contributed by atoms with Crippen LogP contribution in [-0.2, 0) is 14.8 Å². The van der Waals surface area contributed by atoms with Gasteiger partial charge in [0.15, 0.2) is 6.54 Å². The molecule has 0 aromatic heterocycles. The Hall–Kier alpha value is -1.44. The number of benzene rings is 1. The van der Waals surface area contributed by atoms with Crippen LogP contribution in [0.5, 0.6) is 0 Å². The fourth-order valence-electron chi connectivity index (χ4n) is 4.67. The largest absolute Gasteiger partial charge is 0.332 e. The molecule has 1 aromatic carbocycles. The van der Waals surface area contributed by atoms with Gasteiger partial charge in [-0.1, -0.05) is 17.7 Å². The SMILES string of the molecule is Cc1ccc(S(=O)(=O)N2CC[NH+](CC(=O)N3[C@@H](C)CCC[C@@H]3C)CC2)c(C)c1. The van der Waals surface area contributed by atoms with Crippen LogP contribution in [0, 0.1) is 13.8 Å². The van der Waals surface area contributed by atoms with Crippen LogP contribution in [0.15, 0.2) is 23.1 Å². The number of amides is 1. The normalized spacial score (nSPS) is 25.1. The van der Waals surface area contributed by atoms with Gasteiger partial charge in [-0.3, -0.25) is 4.79 Å². The standard InChI is InChI=1S/C21H33N3O3S/c1-16-8-9-20(17(2)14-16)28(26,27)23-12-10-22(11-13-23)15-21(25)24-18(3)6-5-7-19(24)4/h8-9,14,18-19H,5-7,10-13,15H2,1-4H3/p+1/t18-,19-/m0/s1. The Morgan fingerprint density at radius 1 is 1.11 bits per heavy atom. The van der Waals surface area contributed by atoms with Crippen molar-refractivity contribution < 1.29 is 18.1 Å². The molecule has 28 heavy (non-hydrogen) atoms. The zero-order valence-corrected chi connectivity index (χ0v) is 18.4. The smallest absolute Gasteiger partial charge is 0.278 e. The topological polar surface area (TPSA) is 62.1 Å². The van der Waals surface area contributed by atoms with Gasteiger partial charge in [-0.25, -0.2) is 8.42 Å². The van der Waals surface area contributed by atoms with E-state index >= 15 is 0 Å². The Morgan fingerprint density at radius 3 is 2.29 bits per heavy atom. The molecule has 2 atom stereocenters. The summed E-state index contributed by atoms with van der Waals surface area (Å²) < 4.78 is 27.6. The van der Waals surface area contributed by atoms with Crippen molar-refractivity contribution in [3.8, 4) is 0 Å². The summed E-state index contributed by atoms with van der Waals surface area (Å²) in [4.78, 5) is 16.5. The summed E-state index contributed by atoms with van der Waals surface area (Å²) >= 11 is 0. The number of sulfonamides is 1. The van der Waals surface area contributed by atoms with Gasteiger partial charge in [0.2, 0.25) is 10.0 Å². The van der Waals surface area contributed by atoms with E-state index in [2.05, 4.69) is 18.7 Å². The fourth-order valence-corrected chi connectivity index (χ4v) is 6.31. The third kappa shape index (κ3) is 4.42. The van der Waals surface area contributed by atoms with Crippen LogP contribution in [-0.4, -0.2) is 68.3 Å². The van der Waals surface area contributed by atoms with Crippen LogP contribution in [0.3, 0.4) is 0 Å². The third-order valence-electron chi connectivity index (χ3n) is 6.26. The van der Waals surface area contributed by atoms with Crippen molar-refractivity contribution in [1.29, 1.82) is 0 Å².